The van der Waals surface area contributed by atoms with Gasteiger partial charge < -0.3 is 10.1 Å². The van der Waals surface area contributed by atoms with Crippen molar-refractivity contribution in [1.82, 2.24) is 5.32 Å². The van der Waals surface area contributed by atoms with Crippen LogP contribution in [0.4, 0.5) is 13.2 Å². The summed E-state index contributed by atoms with van der Waals surface area (Å²) in [5.74, 6) is -0.434. The molecule has 1 fully saturated rings. The monoisotopic (exact) mass is 245 g/mol. The van der Waals surface area contributed by atoms with Gasteiger partial charge in [0.2, 0.25) is 0 Å². The Hall–Kier alpha value is -1.23. The first-order valence-electron chi connectivity index (χ1n) is 5.62. The Morgan fingerprint density at radius 3 is 2.59 bits per heavy atom. The summed E-state index contributed by atoms with van der Waals surface area (Å²) < 4.78 is 41.9. The van der Waals surface area contributed by atoms with Crippen molar-refractivity contribution in [3.8, 4) is 5.75 Å². The topological polar surface area (TPSA) is 21.3 Å². The van der Waals surface area contributed by atoms with Gasteiger partial charge in [-0.25, -0.2) is 4.39 Å². The first-order chi connectivity index (χ1) is 8.16. The van der Waals surface area contributed by atoms with Crippen LogP contribution in [0.1, 0.15) is 24.3 Å². The molecule has 1 aromatic rings. The van der Waals surface area contributed by atoms with Crippen molar-refractivity contribution in [2.24, 2.45) is 0 Å². The third-order valence-corrected chi connectivity index (χ3v) is 2.97. The number of nitrogens with one attached hydrogen (secondary N) is 1. The van der Waals surface area contributed by atoms with Crippen molar-refractivity contribution in [2.75, 3.05) is 13.1 Å². The summed E-state index contributed by atoms with van der Waals surface area (Å²) in [6.45, 7) is -1.23. The second-order valence-corrected chi connectivity index (χ2v) is 4.08. The zero-order valence-corrected chi connectivity index (χ0v) is 9.26. The van der Waals surface area contributed by atoms with Gasteiger partial charge in [-0.15, -0.1) is 0 Å². The minimum absolute atomic E-state index is 0.0353. The summed E-state index contributed by atoms with van der Waals surface area (Å²) in [6.07, 6.45) is 1.70. The van der Waals surface area contributed by atoms with Gasteiger partial charge in [-0.3, -0.25) is 0 Å². The lowest BCUT2D eigenvalue weighted by Crippen LogP contribution is -2.27. The fourth-order valence-electron chi connectivity index (χ4n) is 2.18. The van der Waals surface area contributed by atoms with Crippen LogP contribution in [0.25, 0.3) is 0 Å². The van der Waals surface area contributed by atoms with Crippen molar-refractivity contribution < 1.29 is 17.9 Å². The third-order valence-electron chi connectivity index (χ3n) is 2.97. The quantitative estimate of drug-likeness (QED) is 0.884. The van der Waals surface area contributed by atoms with Gasteiger partial charge in [0.05, 0.1) is 0 Å². The summed E-state index contributed by atoms with van der Waals surface area (Å²) in [4.78, 5) is 0. The molecule has 1 aromatic carbocycles. The number of alkyl halides is 2. The summed E-state index contributed by atoms with van der Waals surface area (Å²) >= 11 is 0. The Morgan fingerprint density at radius 2 is 1.94 bits per heavy atom. The Bertz CT molecular complexity index is 378. The van der Waals surface area contributed by atoms with E-state index in [1.807, 2.05) is 0 Å². The van der Waals surface area contributed by atoms with E-state index in [1.165, 1.54) is 6.07 Å². The van der Waals surface area contributed by atoms with E-state index in [0.29, 0.717) is 5.56 Å². The average Bonchev–Trinajstić information content (AvgIpc) is 2.29. The molecular formula is C12H14F3NO. The fourth-order valence-corrected chi connectivity index (χ4v) is 2.18. The number of hydrogen-bond acceptors (Lipinski definition) is 2. The Morgan fingerprint density at radius 1 is 1.24 bits per heavy atom. The van der Waals surface area contributed by atoms with Crippen molar-refractivity contribution in [1.29, 1.82) is 0 Å². The van der Waals surface area contributed by atoms with Gasteiger partial charge in [0.25, 0.3) is 0 Å². The molecule has 2 nitrogen and oxygen atoms in total. The van der Waals surface area contributed by atoms with Gasteiger partial charge >= 0.3 is 6.61 Å². The van der Waals surface area contributed by atoms with E-state index in [4.69, 9.17) is 0 Å². The van der Waals surface area contributed by atoms with Crippen molar-refractivity contribution in [3.05, 3.63) is 29.6 Å². The van der Waals surface area contributed by atoms with E-state index in [1.54, 1.807) is 6.07 Å². The van der Waals surface area contributed by atoms with Crippen LogP contribution in [0.3, 0.4) is 0 Å². The van der Waals surface area contributed by atoms with Crippen LogP contribution in [0, 0.1) is 5.82 Å². The molecule has 5 heteroatoms. The molecule has 1 N–H and O–H groups in total. The van der Waals surface area contributed by atoms with Crippen LogP contribution in [-0.2, 0) is 0 Å². The minimum atomic E-state index is -2.92. The second-order valence-electron chi connectivity index (χ2n) is 4.08. The molecule has 17 heavy (non-hydrogen) atoms. The molecule has 0 aromatic heterocycles. The summed E-state index contributed by atoms with van der Waals surface area (Å²) in [6, 6.07) is 3.86. The number of rotatable bonds is 3. The van der Waals surface area contributed by atoms with E-state index < -0.39 is 12.4 Å². The standard InChI is InChI=1S/C12H14F3NO/c13-9-1-2-10(8-3-5-16-6-4-8)11(7-9)17-12(14)15/h1-2,7-8,12,16H,3-6H2. The molecular weight excluding hydrogens is 231 g/mol. The van der Waals surface area contributed by atoms with Crippen LogP contribution in [0.15, 0.2) is 18.2 Å². The Balaban J connectivity index is 2.24. The lowest BCUT2D eigenvalue weighted by molar-refractivity contribution is -0.0508. The smallest absolute Gasteiger partial charge is 0.387 e. The Labute approximate surface area is 97.8 Å². The van der Waals surface area contributed by atoms with Crippen LogP contribution >= 0.6 is 0 Å². The maximum atomic E-state index is 13.0. The highest BCUT2D eigenvalue weighted by Crippen LogP contribution is 2.33. The fraction of sp³-hybridized carbons (Fsp3) is 0.500. The second kappa shape index (κ2) is 5.40. The summed E-state index contributed by atoms with van der Waals surface area (Å²) in [5.41, 5.74) is 0.674. The van der Waals surface area contributed by atoms with Crippen LogP contribution in [-0.4, -0.2) is 19.7 Å². The maximum Gasteiger partial charge on any atom is 0.387 e. The van der Waals surface area contributed by atoms with E-state index in [2.05, 4.69) is 10.1 Å². The molecule has 0 spiro atoms. The van der Waals surface area contributed by atoms with Crippen molar-refractivity contribution in [3.63, 3.8) is 0 Å². The predicted molar refractivity (Wildman–Crippen MR) is 57.9 cm³/mol. The van der Waals surface area contributed by atoms with Gasteiger partial charge in [0.15, 0.2) is 0 Å². The minimum Gasteiger partial charge on any atom is -0.434 e. The molecule has 0 amide bonds. The highest BCUT2D eigenvalue weighted by atomic mass is 19.3. The van der Waals surface area contributed by atoms with E-state index >= 15 is 0 Å². The number of halogens is 3. The third kappa shape index (κ3) is 3.12. The molecule has 0 bridgehead atoms. The van der Waals surface area contributed by atoms with Crippen molar-refractivity contribution >= 4 is 0 Å². The maximum absolute atomic E-state index is 13.0. The van der Waals surface area contributed by atoms with Crippen LogP contribution in [0.5, 0.6) is 5.75 Å². The zero-order valence-electron chi connectivity index (χ0n) is 9.26. The van der Waals surface area contributed by atoms with Crippen molar-refractivity contribution in [2.45, 2.75) is 25.4 Å². The highest BCUT2D eigenvalue weighted by Gasteiger charge is 2.21. The lowest BCUT2D eigenvalue weighted by atomic mass is 9.89. The van der Waals surface area contributed by atoms with E-state index in [-0.39, 0.29) is 11.7 Å². The number of benzene rings is 1. The van der Waals surface area contributed by atoms with Gasteiger partial charge in [-0.2, -0.15) is 8.78 Å². The number of piperidine rings is 1. The molecule has 2 rings (SSSR count). The molecule has 1 aliphatic heterocycles. The van der Waals surface area contributed by atoms with Gasteiger partial charge in [0.1, 0.15) is 11.6 Å². The van der Waals surface area contributed by atoms with Gasteiger partial charge in [0, 0.05) is 6.07 Å². The van der Waals surface area contributed by atoms with E-state index in [9.17, 15) is 13.2 Å². The summed E-state index contributed by atoms with van der Waals surface area (Å²) in [7, 11) is 0. The zero-order chi connectivity index (χ0) is 12.3. The first kappa shape index (κ1) is 12.2. The number of ether oxygens (including phenoxy) is 1. The SMILES string of the molecule is Fc1ccc(C2CCNCC2)c(OC(F)F)c1. The molecule has 1 aliphatic rings. The first-order valence-corrected chi connectivity index (χ1v) is 5.62. The number of hydrogen-bond donors (Lipinski definition) is 1. The average molecular weight is 245 g/mol. The molecule has 0 saturated carbocycles. The molecule has 0 radical (unpaired) electrons. The van der Waals surface area contributed by atoms with Crippen LogP contribution in [0.2, 0.25) is 0 Å². The molecule has 0 atom stereocenters. The highest BCUT2D eigenvalue weighted by molar-refractivity contribution is 5.37. The molecule has 0 aliphatic carbocycles. The normalized spacial score (nSPS) is 17.4. The van der Waals surface area contributed by atoms with Gasteiger partial charge in [-0.05, 0) is 43.5 Å². The Kier molecular flexibility index (Phi) is 3.89. The molecule has 1 saturated heterocycles. The van der Waals surface area contributed by atoms with Gasteiger partial charge in [-0.1, -0.05) is 6.07 Å². The summed E-state index contributed by atoms with van der Waals surface area (Å²) in [5, 5.41) is 3.19. The van der Waals surface area contributed by atoms with Crippen LogP contribution < -0.4 is 10.1 Å². The lowest BCUT2D eigenvalue weighted by Gasteiger charge is -2.24. The molecule has 94 valence electrons. The van der Waals surface area contributed by atoms with E-state index in [0.717, 1.165) is 32.0 Å². The molecule has 0 unspecified atom stereocenters. The predicted octanol–water partition coefficient (Wildman–Crippen LogP) is 2.89. The largest absolute Gasteiger partial charge is 0.434 e. The molecule has 1 heterocycles.